The first-order valence-corrected chi connectivity index (χ1v) is 23.6. The fourth-order valence-corrected chi connectivity index (χ4v) is 9.96. The number of hydrogen-bond donors (Lipinski definition) is 0. The fraction of sp³-hybridized carbons (Fsp3) is 0. The van der Waals surface area contributed by atoms with Crippen LogP contribution in [0.2, 0.25) is 0 Å². The summed E-state index contributed by atoms with van der Waals surface area (Å²) in [7, 11) is 0. The van der Waals surface area contributed by atoms with Crippen molar-refractivity contribution in [2.24, 2.45) is 0 Å². The number of pyridine rings is 4. The number of nitrogens with zero attached hydrogens (tertiary/aromatic N) is 10. The van der Waals surface area contributed by atoms with Crippen LogP contribution in [0.3, 0.4) is 0 Å². The molecule has 0 atom stereocenters. The summed E-state index contributed by atoms with van der Waals surface area (Å²) in [5.41, 5.74) is 11.1. The highest BCUT2D eigenvalue weighted by Gasteiger charge is 2.22. The molecule has 0 fully saturated rings. The topological polar surface area (TPSA) is 129 Å². The molecule has 0 spiro atoms. The largest absolute Gasteiger partial charge is 0.265 e. The zero-order valence-corrected chi connectivity index (χ0v) is 38.3. The lowest BCUT2D eigenvalue weighted by molar-refractivity contribution is 1.08. The molecule has 6 aromatic heterocycles. The van der Waals surface area contributed by atoms with Crippen molar-refractivity contribution in [3.63, 3.8) is 0 Å². The second kappa shape index (κ2) is 16.9. The zero-order chi connectivity index (χ0) is 47.5. The van der Waals surface area contributed by atoms with Gasteiger partial charge in [0.15, 0.2) is 34.9 Å². The van der Waals surface area contributed by atoms with Gasteiger partial charge in [0, 0.05) is 81.3 Å². The van der Waals surface area contributed by atoms with Crippen molar-refractivity contribution in [1.29, 1.82) is 0 Å². The van der Waals surface area contributed by atoms with Crippen molar-refractivity contribution in [2.75, 3.05) is 0 Å². The Kier molecular flexibility index (Phi) is 9.59. The molecule has 0 aliphatic heterocycles. The number of hydrogen-bond acceptors (Lipinski definition) is 10. The number of aromatic nitrogens is 10. The van der Waals surface area contributed by atoms with E-state index in [1.807, 2.05) is 73.1 Å². The summed E-state index contributed by atoms with van der Waals surface area (Å²) in [5.74, 6) is 3.33. The third-order valence-corrected chi connectivity index (χ3v) is 13.5. The Bertz CT molecular complexity index is 4080. The Balaban J connectivity index is 0.952. The Labute approximate surface area is 411 Å². The maximum absolute atomic E-state index is 5.28. The molecule has 10 heteroatoms. The summed E-state index contributed by atoms with van der Waals surface area (Å²) in [6.45, 7) is 0. The van der Waals surface area contributed by atoms with Crippen molar-refractivity contribution in [2.45, 2.75) is 0 Å². The number of para-hydroxylation sites is 2. The number of rotatable bonds is 8. The first-order valence-electron chi connectivity index (χ1n) is 23.6. The van der Waals surface area contributed by atoms with E-state index < -0.39 is 0 Å². The summed E-state index contributed by atoms with van der Waals surface area (Å²) in [6.07, 6.45) is 10.8. The minimum Gasteiger partial charge on any atom is -0.265 e. The highest BCUT2D eigenvalue weighted by molar-refractivity contribution is 6.27. The zero-order valence-electron chi connectivity index (χ0n) is 38.3. The van der Waals surface area contributed by atoms with Crippen molar-refractivity contribution in [1.82, 2.24) is 49.8 Å². The van der Waals surface area contributed by atoms with Gasteiger partial charge >= 0.3 is 0 Å². The van der Waals surface area contributed by atoms with Crippen LogP contribution in [0.1, 0.15) is 0 Å². The molecule has 334 valence electrons. The minimum absolute atomic E-state index is 0.542. The molecule has 0 bridgehead atoms. The Hall–Kier alpha value is -10.1. The number of fused-ring (bicyclic) bond motifs is 2. The van der Waals surface area contributed by atoms with Crippen LogP contribution in [0, 0.1) is 0 Å². The van der Waals surface area contributed by atoms with Gasteiger partial charge in [-0.1, -0.05) is 121 Å². The van der Waals surface area contributed by atoms with Crippen LogP contribution in [0.4, 0.5) is 0 Å². The van der Waals surface area contributed by atoms with Crippen molar-refractivity contribution in [3.8, 4) is 90.6 Å². The highest BCUT2D eigenvalue weighted by atomic mass is 15.0. The second-order valence-corrected chi connectivity index (χ2v) is 17.6. The van der Waals surface area contributed by atoms with Gasteiger partial charge in [0.2, 0.25) is 0 Å². The summed E-state index contributed by atoms with van der Waals surface area (Å²) in [5, 5.41) is 8.42. The van der Waals surface area contributed by atoms with Gasteiger partial charge < -0.3 is 0 Å². The standard InChI is InChI=1S/C62H36N10/c1-5-43-7-3-31-65-55(43)51(9-1)61-69-57(45-15-11-37(12-16-45)39-27-33-63-34-28-39)67-59(71-61)49-25-21-41-20-24-48-50(26-22-42-19-23-47(49)53(41)54(42)48)60-68-58(46-17-13-38(14-18-46)40-29-35-64-36-30-40)70-62(72-60)52-10-2-6-44-8-4-32-66-56(44)52/h1-36H. The van der Waals surface area contributed by atoms with E-state index in [0.29, 0.717) is 34.9 Å². The predicted octanol–water partition coefficient (Wildman–Crippen LogP) is 14.2. The third kappa shape index (κ3) is 7.04. The molecule has 0 saturated heterocycles. The lowest BCUT2D eigenvalue weighted by Gasteiger charge is -2.17. The van der Waals surface area contributed by atoms with Gasteiger partial charge in [-0.05, 0) is 115 Å². The third-order valence-electron chi connectivity index (χ3n) is 13.5. The molecule has 0 amide bonds. The molecule has 0 unspecified atom stereocenters. The summed E-state index contributed by atoms with van der Waals surface area (Å²) >= 11 is 0. The van der Waals surface area contributed by atoms with E-state index in [9.17, 15) is 0 Å². The van der Waals surface area contributed by atoms with Gasteiger partial charge in [-0.25, -0.2) is 29.9 Å². The average Bonchev–Trinajstić information content (AvgIpc) is 3.46. The molecule has 0 saturated carbocycles. The monoisotopic (exact) mass is 920 g/mol. The van der Waals surface area contributed by atoms with Crippen LogP contribution < -0.4 is 0 Å². The smallest absolute Gasteiger partial charge is 0.166 e. The van der Waals surface area contributed by atoms with E-state index in [-0.39, 0.29) is 0 Å². The Morgan fingerprint density at radius 3 is 1.00 bits per heavy atom. The lowest BCUT2D eigenvalue weighted by atomic mass is 9.89. The van der Waals surface area contributed by atoms with E-state index in [1.54, 1.807) is 24.8 Å². The average molecular weight is 921 g/mol. The van der Waals surface area contributed by atoms with Gasteiger partial charge in [-0.15, -0.1) is 0 Å². The Morgan fingerprint density at radius 1 is 0.222 bits per heavy atom. The predicted molar refractivity (Wildman–Crippen MR) is 287 cm³/mol. The van der Waals surface area contributed by atoms with Crippen LogP contribution in [-0.2, 0) is 0 Å². The molecule has 6 heterocycles. The summed E-state index contributed by atoms with van der Waals surface area (Å²) < 4.78 is 0. The van der Waals surface area contributed by atoms with Crippen LogP contribution in [0.15, 0.2) is 219 Å². The normalized spacial score (nSPS) is 11.6. The van der Waals surface area contributed by atoms with Crippen LogP contribution in [0.5, 0.6) is 0 Å². The van der Waals surface area contributed by atoms with Crippen molar-refractivity contribution < 1.29 is 0 Å². The molecular formula is C62H36N10. The molecule has 14 aromatic rings. The van der Waals surface area contributed by atoms with Gasteiger partial charge in [-0.3, -0.25) is 19.9 Å². The van der Waals surface area contributed by atoms with E-state index in [0.717, 1.165) is 110 Å². The molecule has 0 aliphatic rings. The molecule has 0 radical (unpaired) electrons. The fourth-order valence-electron chi connectivity index (χ4n) is 9.96. The van der Waals surface area contributed by atoms with E-state index in [1.165, 1.54) is 0 Å². The van der Waals surface area contributed by atoms with Crippen LogP contribution in [0.25, 0.3) is 145 Å². The number of benzene rings is 8. The molecule has 72 heavy (non-hydrogen) atoms. The molecule has 0 N–H and O–H groups in total. The van der Waals surface area contributed by atoms with Gasteiger partial charge in [-0.2, -0.15) is 0 Å². The second-order valence-electron chi connectivity index (χ2n) is 17.6. The van der Waals surface area contributed by atoms with E-state index >= 15 is 0 Å². The quantitative estimate of drug-likeness (QED) is 0.136. The van der Waals surface area contributed by atoms with Gasteiger partial charge in [0.25, 0.3) is 0 Å². The van der Waals surface area contributed by atoms with Crippen molar-refractivity contribution in [3.05, 3.63) is 219 Å². The van der Waals surface area contributed by atoms with E-state index in [4.69, 9.17) is 39.9 Å². The summed E-state index contributed by atoms with van der Waals surface area (Å²) in [6, 6.07) is 62.2. The summed E-state index contributed by atoms with van der Waals surface area (Å²) in [4.78, 5) is 49.4. The van der Waals surface area contributed by atoms with Gasteiger partial charge in [0.05, 0.1) is 11.0 Å². The first kappa shape index (κ1) is 41.0. The van der Waals surface area contributed by atoms with E-state index in [2.05, 4.69) is 131 Å². The molecule has 0 aliphatic carbocycles. The molecule has 10 nitrogen and oxygen atoms in total. The lowest BCUT2D eigenvalue weighted by Crippen LogP contribution is -2.02. The van der Waals surface area contributed by atoms with Gasteiger partial charge in [0.1, 0.15) is 0 Å². The molecule has 8 aromatic carbocycles. The SMILES string of the molecule is c1cnc2c(-c3nc(-c4ccc(-c5ccncc5)cc4)nc(-c4ccc5ccc6c(-c7nc(-c8ccc(-c9ccncc9)cc8)nc(-c8cccc9cccnc89)n7)ccc7ccc4c5c76)n3)cccc2c1. The maximum atomic E-state index is 5.28. The van der Waals surface area contributed by atoms with Crippen LogP contribution in [-0.4, -0.2) is 49.8 Å². The van der Waals surface area contributed by atoms with Crippen molar-refractivity contribution >= 4 is 54.1 Å². The molecule has 14 rings (SSSR count). The first-order chi connectivity index (χ1) is 35.7. The minimum atomic E-state index is 0.542. The maximum Gasteiger partial charge on any atom is 0.166 e. The van der Waals surface area contributed by atoms with Crippen LogP contribution >= 0.6 is 0 Å². The Morgan fingerprint density at radius 2 is 0.569 bits per heavy atom. The molecular weight excluding hydrogens is 885 g/mol. The highest BCUT2D eigenvalue weighted by Crippen LogP contribution is 2.43.